The van der Waals surface area contributed by atoms with Gasteiger partial charge in [-0.15, -0.1) is 21.5 Å². The summed E-state index contributed by atoms with van der Waals surface area (Å²) in [6.07, 6.45) is 1.17. The highest BCUT2D eigenvalue weighted by atomic mass is 32.1. The summed E-state index contributed by atoms with van der Waals surface area (Å²) in [7, 11) is 1.56. The fourth-order valence-corrected chi connectivity index (χ4v) is 6.43. The minimum absolute atomic E-state index is 0.0465. The van der Waals surface area contributed by atoms with Gasteiger partial charge in [-0.1, -0.05) is 6.92 Å². The number of nitrogens with one attached hydrogen (secondary N) is 3. The van der Waals surface area contributed by atoms with E-state index < -0.39 is 12.6 Å². The number of amides is 2. The summed E-state index contributed by atoms with van der Waals surface area (Å²) < 4.78 is 42.8. The van der Waals surface area contributed by atoms with Crippen LogP contribution in [0.4, 0.5) is 29.9 Å². The third-order valence-corrected chi connectivity index (χ3v) is 9.04. The van der Waals surface area contributed by atoms with Crippen molar-refractivity contribution in [2.24, 2.45) is 24.8 Å². The molecule has 0 bridgehead atoms. The lowest BCUT2D eigenvalue weighted by Crippen LogP contribution is -2.29. The summed E-state index contributed by atoms with van der Waals surface area (Å²) in [5.41, 5.74) is 0.941. The molecule has 5 atom stereocenters. The predicted octanol–water partition coefficient (Wildman–Crippen LogP) is 4.17. The van der Waals surface area contributed by atoms with Gasteiger partial charge in [0, 0.05) is 42.4 Å². The molecule has 2 saturated carbocycles. The van der Waals surface area contributed by atoms with E-state index in [9.17, 15) is 22.8 Å². The van der Waals surface area contributed by atoms with E-state index in [2.05, 4.69) is 31.2 Å². The second-order valence-corrected chi connectivity index (χ2v) is 11.8. The lowest BCUT2D eigenvalue weighted by atomic mass is 9.91. The van der Waals surface area contributed by atoms with Gasteiger partial charge in [-0.2, -0.15) is 5.10 Å². The number of fused-ring (bicyclic) bond motifs is 1. The molecule has 208 valence electrons. The number of carbonyl (C=O) groups excluding carboxylic acids is 2. The van der Waals surface area contributed by atoms with Crippen molar-refractivity contribution in [3.63, 3.8) is 0 Å². The number of aryl methyl sites for hydroxylation is 2. The molecule has 3 aromatic heterocycles. The Hall–Kier alpha value is -3.42. The predicted molar refractivity (Wildman–Crippen MR) is 138 cm³/mol. The summed E-state index contributed by atoms with van der Waals surface area (Å²) >= 11 is 1.42. The molecule has 3 aliphatic rings. The van der Waals surface area contributed by atoms with Gasteiger partial charge in [0.25, 0.3) is 12.3 Å². The van der Waals surface area contributed by atoms with Crippen molar-refractivity contribution in [3.05, 3.63) is 34.1 Å². The number of alkyl halides is 3. The molecule has 3 heterocycles. The monoisotopic (exact) mass is 562 g/mol. The normalized spacial score (nSPS) is 25.3. The van der Waals surface area contributed by atoms with E-state index in [-0.39, 0.29) is 41.9 Å². The zero-order chi connectivity index (χ0) is 27.4. The molecule has 0 aromatic carbocycles. The highest BCUT2D eigenvalue weighted by Gasteiger charge is 2.41. The van der Waals surface area contributed by atoms with Crippen LogP contribution < -0.4 is 16.0 Å². The lowest BCUT2D eigenvalue weighted by molar-refractivity contribution is -0.117. The zero-order valence-corrected chi connectivity index (χ0v) is 22.3. The second-order valence-electron chi connectivity index (χ2n) is 10.7. The molecule has 0 radical (unpaired) electrons. The van der Waals surface area contributed by atoms with Crippen molar-refractivity contribution in [1.29, 1.82) is 0 Å². The molecule has 14 heteroatoms. The first-order valence-electron chi connectivity index (χ1n) is 13.1. The summed E-state index contributed by atoms with van der Waals surface area (Å²) in [4.78, 5) is 27.2. The number of hydrogen-bond acceptors (Lipinski definition) is 7. The Bertz CT molecular complexity index is 1420. The van der Waals surface area contributed by atoms with Gasteiger partial charge in [0.1, 0.15) is 29.0 Å². The smallest absolute Gasteiger partial charge is 0.282 e. The van der Waals surface area contributed by atoms with Crippen molar-refractivity contribution in [1.82, 2.24) is 29.9 Å². The van der Waals surface area contributed by atoms with Crippen LogP contribution in [0, 0.1) is 17.8 Å². The highest BCUT2D eigenvalue weighted by molar-refractivity contribution is 7.17. The van der Waals surface area contributed by atoms with Gasteiger partial charge in [-0.25, -0.2) is 13.2 Å². The number of rotatable bonds is 9. The van der Waals surface area contributed by atoms with E-state index in [4.69, 9.17) is 0 Å². The van der Waals surface area contributed by atoms with Crippen LogP contribution in [0.2, 0.25) is 0 Å². The van der Waals surface area contributed by atoms with Crippen molar-refractivity contribution in [2.45, 2.75) is 57.7 Å². The van der Waals surface area contributed by atoms with E-state index in [0.717, 1.165) is 23.3 Å². The van der Waals surface area contributed by atoms with Gasteiger partial charge in [0.15, 0.2) is 0 Å². The topological polar surface area (TPSA) is 119 Å². The van der Waals surface area contributed by atoms with E-state index in [1.807, 2.05) is 11.5 Å². The van der Waals surface area contributed by atoms with Crippen molar-refractivity contribution < 1.29 is 22.8 Å². The summed E-state index contributed by atoms with van der Waals surface area (Å²) in [5.74, 6) is 0.433. The Kier molecular flexibility index (Phi) is 6.60. The number of hydrogen-bond donors (Lipinski definition) is 3. The van der Waals surface area contributed by atoms with E-state index >= 15 is 0 Å². The van der Waals surface area contributed by atoms with Gasteiger partial charge in [0.05, 0.1) is 5.56 Å². The SMILES string of the molecule is C[C@H]1C[C@@H]1C(=O)Nc1sc2c(c1C(=O)NC[C@H]1C[C@H]1F)C[C@@H](n1cnnc1Nc1cc(C(F)F)nn1C)CC2. The number of aromatic nitrogens is 5. The average Bonchev–Trinajstić information content (AvgIpc) is 3.60. The Morgan fingerprint density at radius 3 is 2.72 bits per heavy atom. The maximum Gasteiger partial charge on any atom is 0.282 e. The minimum Gasteiger partial charge on any atom is -0.352 e. The van der Waals surface area contributed by atoms with Crippen LogP contribution in [0.1, 0.15) is 65.1 Å². The van der Waals surface area contributed by atoms with Crippen LogP contribution in [0.3, 0.4) is 0 Å². The molecule has 3 N–H and O–H groups in total. The van der Waals surface area contributed by atoms with Crippen LogP contribution in [-0.2, 0) is 24.7 Å². The largest absolute Gasteiger partial charge is 0.352 e. The van der Waals surface area contributed by atoms with Gasteiger partial charge < -0.3 is 16.0 Å². The third kappa shape index (κ3) is 5.13. The van der Waals surface area contributed by atoms with Gasteiger partial charge in [-0.3, -0.25) is 18.8 Å². The number of carbonyl (C=O) groups is 2. The van der Waals surface area contributed by atoms with Crippen LogP contribution in [-0.4, -0.2) is 49.1 Å². The molecule has 2 fully saturated rings. The van der Waals surface area contributed by atoms with Crippen LogP contribution in [0.15, 0.2) is 12.4 Å². The molecule has 39 heavy (non-hydrogen) atoms. The van der Waals surface area contributed by atoms with Crippen molar-refractivity contribution in [2.75, 3.05) is 17.2 Å². The molecule has 2 amide bonds. The molecule has 3 aliphatic carbocycles. The van der Waals surface area contributed by atoms with Crippen LogP contribution in [0.25, 0.3) is 0 Å². The van der Waals surface area contributed by atoms with Gasteiger partial charge in [-0.05, 0) is 43.6 Å². The van der Waals surface area contributed by atoms with Crippen molar-refractivity contribution >= 4 is 39.9 Å². The highest BCUT2D eigenvalue weighted by Crippen LogP contribution is 2.44. The molecule has 6 rings (SSSR count). The van der Waals surface area contributed by atoms with Crippen LogP contribution >= 0.6 is 11.3 Å². The van der Waals surface area contributed by atoms with Crippen molar-refractivity contribution in [3.8, 4) is 0 Å². The molecular formula is C25H29F3N8O2S. The molecule has 0 spiro atoms. The summed E-state index contributed by atoms with van der Waals surface area (Å²) in [5, 5.41) is 21.4. The second kappa shape index (κ2) is 9.96. The minimum atomic E-state index is -2.70. The maximum absolute atomic E-state index is 13.4. The number of anilines is 3. The van der Waals surface area contributed by atoms with E-state index in [0.29, 0.717) is 47.5 Å². The maximum atomic E-state index is 13.4. The molecule has 0 aliphatic heterocycles. The Labute approximate surface area is 226 Å². The summed E-state index contributed by atoms with van der Waals surface area (Å²) in [6.45, 7) is 2.28. The van der Waals surface area contributed by atoms with Gasteiger partial charge in [0.2, 0.25) is 11.9 Å². The molecule has 0 saturated heterocycles. The quantitative estimate of drug-likeness (QED) is 0.360. The molecular weight excluding hydrogens is 533 g/mol. The summed E-state index contributed by atoms with van der Waals surface area (Å²) in [6, 6.07) is 1.14. The standard InChI is InChI=1S/C25H29F3N8O2S/c1-11-5-14(11)22(37)32-24-20(23(38)29-9-12-6-16(12)26)15-7-13(3-4-18(15)39-24)36-10-30-33-25(36)31-19-8-17(21(27)28)34-35(19)2/h8,10-14,16,21H,3-7,9H2,1-2H3,(H,29,38)(H,31,33)(H,32,37)/t11-,12+,13-,14-,16+/m0/s1. The van der Waals surface area contributed by atoms with E-state index in [1.165, 1.54) is 22.1 Å². The molecule has 3 aromatic rings. The first-order chi connectivity index (χ1) is 18.7. The lowest BCUT2D eigenvalue weighted by Gasteiger charge is -2.25. The Morgan fingerprint density at radius 2 is 2.05 bits per heavy atom. The Morgan fingerprint density at radius 1 is 1.28 bits per heavy atom. The number of nitrogens with zero attached hydrogens (tertiary/aromatic N) is 5. The number of thiophene rings is 1. The van der Waals surface area contributed by atoms with E-state index in [1.54, 1.807) is 13.4 Å². The molecule has 10 nitrogen and oxygen atoms in total. The first-order valence-corrected chi connectivity index (χ1v) is 13.9. The van der Waals surface area contributed by atoms with Crippen LogP contribution in [0.5, 0.6) is 0 Å². The molecule has 0 unspecified atom stereocenters. The average molecular weight is 563 g/mol. The first kappa shape index (κ1) is 25.8. The van der Waals surface area contributed by atoms with Gasteiger partial charge >= 0.3 is 0 Å². The third-order valence-electron chi connectivity index (χ3n) is 7.83. The zero-order valence-electron chi connectivity index (χ0n) is 21.5. The fourth-order valence-electron chi connectivity index (χ4n) is 5.18. The fraction of sp³-hybridized carbons (Fsp3) is 0.560. The Balaban J connectivity index is 1.25. The number of halogens is 3.